The van der Waals surface area contributed by atoms with E-state index in [1.54, 1.807) is 0 Å². The Morgan fingerprint density at radius 3 is 2.71 bits per heavy atom. The van der Waals surface area contributed by atoms with Crippen molar-refractivity contribution in [2.24, 2.45) is 0 Å². The molecule has 0 saturated carbocycles. The van der Waals surface area contributed by atoms with Gasteiger partial charge in [0.25, 0.3) is 0 Å². The first-order valence-corrected chi connectivity index (χ1v) is 5.95. The Labute approximate surface area is 112 Å². The summed E-state index contributed by atoms with van der Waals surface area (Å²) in [6.07, 6.45) is 2.97. The summed E-state index contributed by atoms with van der Waals surface area (Å²) < 4.78 is 1.02. The molecule has 17 heavy (non-hydrogen) atoms. The first kappa shape index (κ1) is 11.8. The number of halogens is 1. The van der Waals surface area contributed by atoms with Crippen LogP contribution in [0.4, 0.5) is 11.4 Å². The Balaban J connectivity index is 2.37. The Kier molecular flexibility index (Phi) is 3.58. The number of nitrogens with one attached hydrogen (secondary N) is 1. The summed E-state index contributed by atoms with van der Waals surface area (Å²) in [5, 5.41) is 12.1. The van der Waals surface area contributed by atoms with E-state index >= 15 is 0 Å². The second-order valence-electron chi connectivity index (χ2n) is 3.33. The molecule has 0 fully saturated rings. The van der Waals surface area contributed by atoms with Crippen LogP contribution in [0.1, 0.15) is 10.4 Å². The van der Waals surface area contributed by atoms with Gasteiger partial charge < -0.3 is 10.4 Å². The van der Waals surface area contributed by atoms with Crippen LogP contribution in [0.2, 0.25) is 0 Å². The van der Waals surface area contributed by atoms with Crippen molar-refractivity contribution in [3.63, 3.8) is 0 Å². The van der Waals surface area contributed by atoms with E-state index in [1.165, 1.54) is 18.5 Å². The van der Waals surface area contributed by atoms with E-state index in [9.17, 15) is 4.79 Å². The average molecular weight is 340 g/mol. The number of benzene rings is 1. The van der Waals surface area contributed by atoms with Gasteiger partial charge in [-0.2, -0.15) is 0 Å². The van der Waals surface area contributed by atoms with Crippen molar-refractivity contribution in [3.8, 4) is 0 Å². The summed E-state index contributed by atoms with van der Waals surface area (Å²) in [6.45, 7) is 0. The summed E-state index contributed by atoms with van der Waals surface area (Å²) in [6, 6.07) is 9.12. The first-order valence-electron chi connectivity index (χ1n) is 4.87. The van der Waals surface area contributed by atoms with E-state index in [2.05, 4.69) is 32.9 Å². The first-order chi connectivity index (χ1) is 8.18. The lowest BCUT2D eigenvalue weighted by Gasteiger charge is -2.10. The fourth-order valence-corrected chi connectivity index (χ4v) is 1.91. The Bertz CT molecular complexity index is 558. The summed E-state index contributed by atoms with van der Waals surface area (Å²) in [5.41, 5.74) is 1.56. The molecule has 2 N–H and O–H groups in total. The van der Waals surface area contributed by atoms with Crippen molar-refractivity contribution in [3.05, 3.63) is 51.9 Å². The van der Waals surface area contributed by atoms with Gasteiger partial charge in [-0.15, -0.1) is 0 Å². The summed E-state index contributed by atoms with van der Waals surface area (Å²) in [5.74, 6) is -0.971. The van der Waals surface area contributed by atoms with Gasteiger partial charge in [0.05, 0.1) is 23.1 Å². The molecule has 5 heteroatoms. The van der Waals surface area contributed by atoms with E-state index < -0.39 is 5.97 Å². The van der Waals surface area contributed by atoms with E-state index in [0.29, 0.717) is 5.69 Å². The Morgan fingerprint density at radius 2 is 2.00 bits per heavy atom. The van der Waals surface area contributed by atoms with Crippen LogP contribution in [0, 0.1) is 3.57 Å². The molecule has 0 aliphatic heterocycles. The number of hydrogen-bond acceptors (Lipinski definition) is 3. The molecule has 0 aliphatic carbocycles. The zero-order chi connectivity index (χ0) is 12.3. The molecular formula is C12H9IN2O2. The van der Waals surface area contributed by atoms with Crippen LogP contribution in [0.3, 0.4) is 0 Å². The summed E-state index contributed by atoms with van der Waals surface area (Å²) in [7, 11) is 0. The molecule has 0 unspecified atom stereocenters. The van der Waals surface area contributed by atoms with Gasteiger partial charge >= 0.3 is 5.97 Å². The average Bonchev–Trinajstić information content (AvgIpc) is 2.32. The summed E-state index contributed by atoms with van der Waals surface area (Å²) >= 11 is 2.19. The second-order valence-corrected chi connectivity index (χ2v) is 4.49. The van der Waals surface area contributed by atoms with Gasteiger partial charge in [0.2, 0.25) is 0 Å². The van der Waals surface area contributed by atoms with Gasteiger partial charge in [-0.05, 0) is 40.8 Å². The fraction of sp³-hybridized carbons (Fsp3) is 0. The van der Waals surface area contributed by atoms with E-state index in [-0.39, 0.29) is 5.56 Å². The number of para-hydroxylation sites is 1. The van der Waals surface area contributed by atoms with Gasteiger partial charge in [-0.25, -0.2) is 4.79 Å². The maximum absolute atomic E-state index is 11.0. The molecule has 0 aliphatic rings. The molecule has 1 aromatic carbocycles. The van der Waals surface area contributed by atoms with Crippen molar-refractivity contribution < 1.29 is 9.90 Å². The molecule has 86 valence electrons. The largest absolute Gasteiger partial charge is 0.478 e. The molecule has 0 amide bonds. The number of hydrogen-bond donors (Lipinski definition) is 2. The molecule has 0 bridgehead atoms. The SMILES string of the molecule is O=C(O)c1ccncc1Nc1ccccc1I. The number of aromatic carboxylic acids is 1. The van der Waals surface area contributed by atoms with Crippen molar-refractivity contribution >= 4 is 39.9 Å². The standard InChI is InChI=1S/C12H9IN2O2/c13-9-3-1-2-4-10(9)15-11-7-14-6-5-8(11)12(16)17/h1-7,15H,(H,16,17). The number of aromatic nitrogens is 1. The summed E-state index contributed by atoms with van der Waals surface area (Å²) in [4.78, 5) is 15.0. The highest BCUT2D eigenvalue weighted by molar-refractivity contribution is 14.1. The van der Waals surface area contributed by atoms with Crippen LogP contribution < -0.4 is 5.32 Å². The molecule has 1 heterocycles. The zero-order valence-electron chi connectivity index (χ0n) is 8.72. The second kappa shape index (κ2) is 5.13. The number of pyridine rings is 1. The fourth-order valence-electron chi connectivity index (χ4n) is 1.39. The minimum absolute atomic E-state index is 0.208. The van der Waals surface area contributed by atoms with Crippen LogP contribution in [0.5, 0.6) is 0 Å². The lowest BCUT2D eigenvalue weighted by atomic mass is 10.2. The lowest BCUT2D eigenvalue weighted by molar-refractivity contribution is 0.0698. The molecule has 0 spiro atoms. The number of anilines is 2. The normalized spacial score (nSPS) is 9.94. The quantitative estimate of drug-likeness (QED) is 0.843. The predicted octanol–water partition coefficient (Wildman–Crippen LogP) is 3.13. The van der Waals surface area contributed by atoms with Crippen molar-refractivity contribution in [1.29, 1.82) is 0 Å². The zero-order valence-corrected chi connectivity index (χ0v) is 10.9. The third-order valence-electron chi connectivity index (χ3n) is 2.19. The van der Waals surface area contributed by atoms with Crippen LogP contribution in [-0.4, -0.2) is 16.1 Å². The van der Waals surface area contributed by atoms with Gasteiger partial charge in [-0.1, -0.05) is 12.1 Å². The predicted molar refractivity (Wildman–Crippen MR) is 73.6 cm³/mol. The van der Waals surface area contributed by atoms with Crippen molar-refractivity contribution in [1.82, 2.24) is 4.98 Å². The minimum atomic E-state index is -0.971. The number of carboxylic acid groups (broad SMARTS) is 1. The molecule has 2 aromatic rings. The van der Waals surface area contributed by atoms with Crippen molar-refractivity contribution in [2.75, 3.05) is 5.32 Å². The Morgan fingerprint density at radius 1 is 1.24 bits per heavy atom. The highest BCUT2D eigenvalue weighted by Gasteiger charge is 2.10. The van der Waals surface area contributed by atoms with Crippen LogP contribution in [0.25, 0.3) is 0 Å². The monoisotopic (exact) mass is 340 g/mol. The minimum Gasteiger partial charge on any atom is -0.478 e. The van der Waals surface area contributed by atoms with Crippen molar-refractivity contribution in [2.45, 2.75) is 0 Å². The number of nitrogens with zero attached hydrogens (tertiary/aromatic N) is 1. The van der Waals surface area contributed by atoms with Gasteiger partial charge in [0.15, 0.2) is 0 Å². The van der Waals surface area contributed by atoms with Gasteiger partial charge in [0.1, 0.15) is 0 Å². The topological polar surface area (TPSA) is 62.2 Å². The van der Waals surface area contributed by atoms with Gasteiger partial charge in [0, 0.05) is 9.77 Å². The highest BCUT2D eigenvalue weighted by Crippen LogP contribution is 2.23. The molecule has 0 atom stereocenters. The lowest BCUT2D eigenvalue weighted by Crippen LogP contribution is -2.03. The smallest absolute Gasteiger partial charge is 0.337 e. The maximum atomic E-state index is 11.0. The number of carbonyl (C=O) groups is 1. The molecule has 0 saturated heterocycles. The van der Waals surface area contributed by atoms with Crippen LogP contribution in [-0.2, 0) is 0 Å². The molecule has 0 radical (unpaired) electrons. The number of rotatable bonds is 3. The molecule has 1 aromatic heterocycles. The van der Waals surface area contributed by atoms with Crippen LogP contribution >= 0.6 is 22.6 Å². The molecule has 2 rings (SSSR count). The van der Waals surface area contributed by atoms with E-state index in [1.807, 2.05) is 24.3 Å². The van der Waals surface area contributed by atoms with E-state index in [4.69, 9.17) is 5.11 Å². The van der Waals surface area contributed by atoms with E-state index in [0.717, 1.165) is 9.26 Å². The maximum Gasteiger partial charge on any atom is 0.337 e. The number of carboxylic acids is 1. The third-order valence-corrected chi connectivity index (χ3v) is 3.14. The van der Waals surface area contributed by atoms with Gasteiger partial charge in [-0.3, -0.25) is 4.98 Å². The highest BCUT2D eigenvalue weighted by atomic mass is 127. The Hall–Kier alpha value is -1.63. The van der Waals surface area contributed by atoms with Crippen LogP contribution in [0.15, 0.2) is 42.7 Å². The third kappa shape index (κ3) is 2.73. The molecule has 4 nitrogen and oxygen atoms in total. The molecular weight excluding hydrogens is 331 g/mol.